The lowest BCUT2D eigenvalue weighted by molar-refractivity contribution is 0.0504. The molecule has 0 radical (unpaired) electrons. The number of benzene rings is 1. The summed E-state index contributed by atoms with van der Waals surface area (Å²) in [6, 6.07) is 5.87. The SMILES string of the molecule is CC(C)(C)OC(=O)NC1CCc2cc(N)ccc21. The quantitative estimate of drug-likeness (QED) is 0.751. The van der Waals surface area contributed by atoms with E-state index < -0.39 is 5.60 Å². The minimum absolute atomic E-state index is 0.0375. The zero-order chi connectivity index (χ0) is 13.3. The van der Waals surface area contributed by atoms with Crippen molar-refractivity contribution in [1.82, 2.24) is 5.32 Å². The number of fused-ring (bicyclic) bond motifs is 1. The number of alkyl carbamates (subject to hydrolysis) is 1. The van der Waals surface area contributed by atoms with Crippen LogP contribution in [0, 0.1) is 0 Å². The molecule has 0 heterocycles. The summed E-state index contributed by atoms with van der Waals surface area (Å²) in [6.07, 6.45) is 1.48. The van der Waals surface area contributed by atoms with Gasteiger partial charge in [-0.3, -0.25) is 0 Å². The lowest BCUT2D eigenvalue weighted by Crippen LogP contribution is -2.34. The van der Waals surface area contributed by atoms with Crippen LogP contribution in [0.2, 0.25) is 0 Å². The molecule has 4 nitrogen and oxygen atoms in total. The van der Waals surface area contributed by atoms with Crippen molar-refractivity contribution in [2.75, 3.05) is 5.73 Å². The van der Waals surface area contributed by atoms with Gasteiger partial charge >= 0.3 is 6.09 Å². The highest BCUT2D eigenvalue weighted by molar-refractivity contribution is 5.69. The third-order valence-electron chi connectivity index (χ3n) is 2.94. The maximum Gasteiger partial charge on any atom is 0.408 e. The highest BCUT2D eigenvalue weighted by atomic mass is 16.6. The van der Waals surface area contributed by atoms with E-state index in [2.05, 4.69) is 5.32 Å². The Morgan fingerprint density at radius 2 is 2.17 bits per heavy atom. The van der Waals surface area contributed by atoms with Crippen LogP contribution in [0.25, 0.3) is 0 Å². The Morgan fingerprint density at radius 1 is 1.44 bits per heavy atom. The molecule has 1 aliphatic carbocycles. The van der Waals surface area contributed by atoms with Crippen LogP contribution in [0.15, 0.2) is 18.2 Å². The van der Waals surface area contributed by atoms with Crippen molar-refractivity contribution in [2.24, 2.45) is 0 Å². The third kappa shape index (κ3) is 2.94. The van der Waals surface area contributed by atoms with Crippen molar-refractivity contribution in [3.63, 3.8) is 0 Å². The third-order valence-corrected chi connectivity index (χ3v) is 2.94. The van der Waals surface area contributed by atoms with E-state index in [9.17, 15) is 4.79 Å². The molecular weight excluding hydrogens is 228 g/mol. The average molecular weight is 248 g/mol. The van der Waals surface area contributed by atoms with Crippen molar-refractivity contribution >= 4 is 11.8 Å². The van der Waals surface area contributed by atoms with Crippen molar-refractivity contribution in [2.45, 2.75) is 45.3 Å². The van der Waals surface area contributed by atoms with Gasteiger partial charge in [0.05, 0.1) is 6.04 Å². The molecule has 2 rings (SSSR count). The van der Waals surface area contributed by atoms with E-state index in [1.165, 1.54) is 5.56 Å². The van der Waals surface area contributed by atoms with Crippen molar-refractivity contribution in [1.29, 1.82) is 0 Å². The lowest BCUT2D eigenvalue weighted by atomic mass is 10.1. The number of nitrogens with one attached hydrogen (secondary N) is 1. The summed E-state index contributed by atoms with van der Waals surface area (Å²) in [5.41, 5.74) is 8.42. The lowest BCUT2D eigenvalue weighted by Gasteiger charge is -2.22. The van der Waals surface area contributed by atoms with Crippen LogP contribution in [0.1, 0.15) is 44.4 Å². The first-order valence-electron chi connectivity index (χ1n) is 6.23. The molecule has 1 amide bonds. The van der Waals surface area contributed by atoms with Gasteiger partial charge in [-0.2, -0.15) is 0 Å². The molecule has 1 aliphatic rings. The fourth-order valence-corrected chi connectivity index (χ4v) is 2.24. The molecule has 0 aromatic heterocycles. The number of nitrogen functional groups attached to an aromatic ring is 1. The van der Waals surface area contributed by atoms with Gasteiger partial charge in [-0.05, 0) is 56.9 Å². The molecule has 4 heteroatoms. The fourth-order valence-electron chi connectivity index (χ4n) is 2.24. The minimum Gasteiger partial charge on any atom is -0.444 e. The molecule has 1 unspecified atom stereocenters. The summed E-state index contributed by atoms with van der Waals surface area (Å²) in [5.74, 6) is 0. The Labute approximate surface area is 108 Å². The molecule has 0 spiro atoms. The van der Waals surface area contributed by atoms with Crippen LogP contribution in [0.3, 0.4) is 0 Å². The number of carbonyl (C=O) groups is 1. The molecule has 0 bridgehead atoms. The molecule has 98 valence electrons. The van der Waals surface area contributed by atoms with Crippen LogP contribution in [0.5, 0.6) is 0 Å². The van der Waals surface area contributed by atoms with Gasteiger partial charge in [0, 0.05) is 5.69 Å². The summed E-state index contributed by atoms with van der Waals surface area (Å²) < 4.78 is 5.26. The molecule has 18 heavy (non-hydrogen) atoms. The molecular formula is C14H20N2O2. The number of hydrogen-bond acceptors (Lipinski definition) is 3. The predicted molar refractivity (Wildman–Crippen MR) is 71.3 cm³/mol. The predicted octanol–water partition coefficient (Wildman–Crippen LogP) is 2.78. The standard InChI is InChI=1S/C14H20N2O2/c1-14(2,3)18-13(17)16-12-7-4-9-8-10(15)5-6-11(9)12/h5-6,8,12H,4,7,15H2,1-3H3,(H,16,17). The number of carbonyl (C=O) groups excluding carboxylic acids is 1. The summed E-state index contributed by atoms with van der Waals surface area (Å²) in [5, 5.41) is 2.91. The average Bonchev–Trinajstić information content (AvgIpc) is 2.57. The zero-order valence-corrected chi connectivity index (χ0v) is 11.1. The second kappa shape index (κ2) is 4.52. The number of nitrogens with two attached hydrogens (primary N) is 1. The van der Waals surface area contributed by atoms with Gasteiger partial charge in [0.25, 0.3) is 0 Å². The first-order valence-corrected chi connectivity index (χ1v) is 6.23. The molecule has 1 aromatic rings. The topological polar surface area (TPSA) is 64.3 Å². The van der Waals surface area contributed by atoms with Crippen molar-refractivity contribution < 1.29 is 9.53 Å². The number of amides is 1. The zero-order valence-electron chi connectivity index (χ0n) is 11.1. The Kier molecular flexibility index (Phi) is 3.20. The Morgan fingerprint density at radius 3 is 2.83 bits per heavy atom. The van der Waals surface area contributed by atoms with Crippen LogP contribution in [0.4, 0.5) is 10.5 Å². The van der Waals surface area contributed by atoms with Gasteiger partial charge in [0.1, 0.15) is 5.60 Å². The van der Waals surface area contributed by atoms with Gasteiger partial charge in [-0.15, -0.1) is 0 Å². The summed E-state index contributed by atoms with van der Waals surface area (Å²) >= 11 is 0. The maximum atomic E-state index is 11.7. The summed E-state index contributed by atoms with van der Waals surface area (Å²) in [7, 11) is 0. The monoisotopic (exact) mass is 248 g/mol. The van der Waals surface area contributed by atoms with E-state index in [0.717, 1.165) is 24.1 Å². The van der Waals surface area contributed by atoms with E-state index in [1.807, 2.05) is 39.0 Å². The van der Waals surface area contributed by atoms with E-state index in [0.29, 0.717) is 0 Å². The van der Waals surface area contributed by atoms with E-state index >= 15 is 0 Å². The first kappa shape index (κ1) is 12.7. The second-order valence-electron chi connectivity index (χ2n) is 5.70. The minimum atomic E-state index is -0.466. The fraction of sp³-hybridized carbons (Fsp3) is 0.500. The van der Waals surface area contributed by atoms with E-state index in [4.69, 9.17) is 10.5 Å². The van der Waals surface area contributed by atoms with Gasteiger partial charge in [0.15, 0.2) is 0 Å². The summed E-state index contributed by atoms with van der Waals surface area (Å²) in [6.45, 7) is 5.57. The van der Waals surface area contributed by atoms with Gasteiger partial charge in [0.2, 0.25) is 0 Å². The van der Waals surface area contributed by atoms with Crippen LogP contribution >= 0.6 is 0 Å². The number of aryl methyl sites for hydroxylation is 1. The normalized spacial score (nSPS) is 18.3. The van der Waals surface area contributed by atoms with Crippen LogP contribution in [-0.2, 0) is 11.2 Å². The van der Waals surface area contributed by atoms with Crippen molar-refractivity contribution in [3.8, 4) is 0 Å². The largest absolute Gasteiger partial charge is 0.444 e. The Balaban J connectivity index is 2.04. The number of ether oxygens (including phenoxy) is 1. The molecule has 3 N–H and O–H groups in total. The number of rotatable bonds is 1. The highest BCUT2D eigenvalue weighted by Crippen LogP contribution is 2.32. The van der Waals surface area contributed by atoms with Crippen LogP contribution in [-0.4, -0.2) is 11.7 Å². The number of hydrogen-bond donors (Lipinski definition) is 2. The van der Waals surface area contributed by atoms with E-state index in [1.54, 1.807) is 0 Å². The summed E-state index contributed by atoms with van der Waals surface area (Å²) in [4.78, 5) is 11.7. The molecule has 1 atom stereocenters. The highest BCUT2D eigenvalue weighted by Gasteiger charge is 2.26. The Bertz CT molecular complexity index is 463. The van der Waals surface area contributed by atoms with E-state index in [-0.39, 0.29) is 12.1 Å². The Hall–Kier alpha value is -1.71. The smallest absolute Gasteiger partial charge is 0.408 e. The maximum absolute atomic E-state index is 11.7. The van der Waals surface area contributed by atoms with Gasteiger partial charge in [-0.1, -0.05) is 6.07 Å². The number of anilines is 1. The molecule has 0 fully saturated rings. The molecule has 1 aromatic carbocycles. The first-order chi connectivity index (χ1) is 8.35. The molecule has 0 saturated heterocycles. The van der Waals surface area contributed by atoms with Gasteiger partial charge in [-0.25, -0.2) is 4.79 Å². The van der Waals surface area contributed by atoms with Gasteiger partial charge < -0.3 is 15.8 Å². The van der Waals surface area contributed by atoms with Crippen LogP contribution < -0.4 is 11.1 Å². The molecule has 0 aliphatic heterocycles. The van der Waals surface area contributed by atoms with Crippen molar-refractivity contribution in [3.05, 3.63) is 29.3 Å². The second-order valence-corrected chi connectivity index (χ2v) is 5.70. The molecule has 0 saturated carbocycles.